The van der Waals surface area contributed by atoms with E-state index in [2.05, 4.69) is 0 Å². The van der Waals surface area contributed by atoms with Crippen molar-refractivity contribution in [1.82, 2.24) is 4.90 Å². The van der Waals surface area contributed by atoms with Crippen molar-refractivity contribution in [1.29, 1.82) is 0 Å². The van der Waals surface area contributed by atoms with Crippen LogP contribution in [0.4, 0.5) is 0 Å². The van der Waals surface area contributed by atoms with Crippen molar-refractivity contribution < 1.29 is 14.7 Å². The molecule has 2 aromatic carbocycles. The predicted molar refractivity (Wildman–Crippen MR) is 96.5 cm³/mol. The Kier molecular flexibility index (Phi) is 4.88. The lowest BCUT2D eigenvalue weighted by Gasteiger charge is -2.39. The lowest BCUT2D eigenvalue weighted by Crippen LogP contribution is -2.49. The summed E-state index contributed by atoms with van der Waals surface area (Å²) in [5.74, 6) is -0.731. The van der Waals surface area contributed by atoms with E-state index in [1.54, 1.807) is 4.90 Å². The number of likely N-dealkylation sites (tertiary alicyclic amines) is 1. The molecule has 130 valence electrons. The van der Waals surface area contributed by atoms with Gasteiger partial charge in [-0.25, -0.2) is 0 Å². The summed E-state index contributed by atoms with van der Waals surface area (Å²) < 4.78 is 0. The van der Waals surface area contributed by atoms with Crippen molar-refractivity contribution in [2.75, 3.05) is 13.1 Å². The fourth-order valence-corrected chi connectivity index (χ4v) is 3.60. The van der Waals surface area contributed by atoms with Gasteiger partial charge in [-0.05, 0) is 36.5 Å². The van der Waals surface area contributed by atoms with Crippen molar-refractivity contribution >= 4 is 11.9 Å². The van der Waals surface area contributed by atoms with Crippen LogP contribution in [0.5, 0.6) is 0 Å². The Hall–Kier alpha value is -2.62. The van der Waals surface area contributed by atoms with E-state index in [0.29, 0.717) is 32.4 Å². The van der Waals surface area contributed by atoms with Gasteiger partial charge in [-0.1, -0.05) is 54.6 Å². The fourth-order valence-electron chi connectivity index (χ4n) is 3.60. The van der Waals surface area contributed by atoms with E-state index >= 15 is 0 Å². The van der Waals surface area contributed by atoms with Gasteiger partial charge in [0.05, 0.1) is 11.8 Å². The Labute approximate surface area is 148 Å². The summed E-state index contributed by atoms with van der Waals surface area (Å²) in [4.78, 5) is 26.4. The van der Waals surface area contributed by atoms with Crippen LogP contribution in [0.3, 0.4) is 0 Å². The first-order valence-electron chi connectivity index (χ1n) is 8.64. The van der Waals surface area contributed by atoms with Gasteiger partial charge in [0, 0.05) is 13.1 Å². The minimum Gasteiger partial charge on any atom is -0.481 e. The average Bonchev–Trinajstić information content (AvgIpc) is 2.64. The molecule has 25 heavy (non-hydrogen) atoms. The van der Waals surface area contributed by atoms with Gasteiger partial charge in [0.25, 0.3) is 0 Å². The van der Waals surface area contributed by atoms with E-state index < -0.39 is 11.4 Å². The largest absolute Gasteiger partial charge is 0.481 e. The predicted octanol–water partition coefficient (Wildman–Crippen LogP) is 3.18. The Morgan fingerprint density at radius 3 is 2.20 bits per heavy atom. The zero-order chi connectivity index (χ0) is 17.9. The van der Waals surface area contributed by atoms with E-state index in [1.165, 1.54) is 0 Å². The van der Waals surface area contributed by atoms with Crippen molar-refractivity contribution in [3.63, 3.8) is 0 Å². The van der Waals surface area contributed by atoms with Gasteiger partial charge in [0.1, 0.15) is 0 Å². The highest BCUT2D eigenvalue weighted by Crippen LogP contribution is 2.36. The maximum Gasteiger partial charge on any atom is 0.314 e. The molecule has 1 aliphatic heterocycles. The number of aliphatic carboxylic acids is 1. The van der Waals surface area contributed by atoms with Crippen molar-refractivity contribution in [3.05, 3.63) is 71.3 Å². The van der Waals surface area contributed by atoms with Crippen LogP contribution in [0.1, 0.15) is 29.5 Å². The van der Waals surface area contributed by atoms with Gasteiger partial charge in [-0.2, -0.15) is 0 Å². The number of piperidine rings is 1. The summed E-state index contributed by atoms with van der Waals surface area (Å²) in [5, 5.41) is 9.84. The van der Waals surface area contributed by atoms with Gasteiger partial charge in [0.15, 0.2) is 0 Å². The number of aryl methyl sites for hydroxylation is 1. The summed E-state index contributed by atoms with van der Waals surface area (Å²) in [5.41, 5.74) is 2.08. The zero-order valence-electron chi connectivity index (χ0n) is 14.4. The molecule has 3 rings (SSSR count). The van der Waals surface area contributed by atoms with Crippen LogP contribution >= 0.6 is 0 Å². The van der Waals surface area contributed by atoms with Gasteiger partial charge in [-0.3, -0.25) is 9.59 Å². The number of carbonyl (C=O) groups excluding carboxylic acids is 1. The molecule has 1 saturated heterocycles. The van der Waals surface area contributed by atoms with Crippen molar-refractivity contribution in [2.45, 2.75) is 31.6 Å². The number of hydrogen-bond donors (Lipinski definition) is 1. The minimum atomic E-state index is -0.888. The smallest absolute Gasteiger partial charge is 0.314 e. The second-order valence-corrected chi connectivity index (χ2v) is 6.74. The number of carboxylic acids is 1. The Bertz CT molecular complexity index is 762. The van der Waals surface area contributed by atoms with Crippen LogP contribution in [0, 0.1) is 6.92 Å². The Morgan fingerprint density at radius 1 is 1.00 bits per heavy atom. The molecule has 1 amide bonds. The molecule has 0 bridgehead atoms. The summed E-state index contributed by atoms with van der Waals surface area (Å²) >= 11 is 0. The second-order valence-electron chi connectivity index (χ2n) is 6.74. The molecule has 0 atom stereocenters. The molecule has 0 aliphatic carbocycles. The third kappa shape index (κ3) is 3.43. The number of hydrogen-bond acceptors (Lipinski definition) is 2. The van der Waals surface area contributed by atoms with Crippen LogP contribution in [-0.2, 0) is 21.4 Å². The molecule has 0 unspecified atom stereocenters. The number of carboxylic acid groups (broad SMARTS) is 1. The summed E-state index contributed by atoms with van der Waals surface area (Å²) in [7, 11) is 0. The quantitative estimate of drug-likeness (QED) is 0.932. The number of carbonyl (C=O) groups is 2. The van der Waals surface area contributed by atoms with Crippen LogP contribution in [0.15, 0.2) is 54.6 Å². The lowest BCUT2D eigenvalue weighted by molar-refractivity contribution is -0.148. The van der Waals surface area contributed by atoms with E-state index in [4.69, 9.17) is 0 Å². The standard InChI is InChI=1S/C21H23NO3/c1-16-7-5-6-8-17(16)15-19(23)22-13-11-21(12-14-22,20(24)25)18-9-3-2-4-10-18/h2-10H,11-15H2,1H3,(H,24,25). The molecule has 1 aliphatic rings. The highest BCUT2D eigenvalue weighted by atomic mass is 16.4. The summed E-state index contributed by atoms with van der Waals surface area (Å²) in [6.07, 6.45) is 1.27. The van der Waals surface area contributed by atoms with Gasteiger partial charge in [0.2, 0.25) is 5.91 Å². The molecule has 1 heterocycles. The third-order valence-corrected chi connectivity index (χ3v) is 5.31. The van der Waals surface area contributed by atoms with Crippen LogP contribution < -0.4 is 0 Å². The highest BCUT2D eigenvalue weighted by molar-refractivity contribution is 5.83. The molecule has 2 aromatic rings. The number of rotatable bonds is 4. The Morgan fingerprint density at radius 2 is 1.60 bits per heavy atom. The van der Waals surface area contributed by atoms with Crippen molar-refractivity contribution in [2.24, 2.45) is 0 Å². The zero-order valence-corrected chi connectivity index (χ0v) is 14.4. The third-order valence-electron chi connectivity index (χ3n) is 5.31. The average molecular weight is 337 g/mol. The Balaban J connectivity index is 1.71. The number of benzene rings is 2. The lowest BCUT2D eigenvalue weighted by atomic mass is 9.73. The molecule has 4 nitrogen and oxygen atoms in total. The number of amides is 1. The first-order chi connectivity index (χ1) is 12.0. The van der Waals surface area contributed by atoms with E-state index in [9.17, 15) is 14.7 Å². The van der Waals surface area contributed by atoms with E-state index in [1.807, 2.05) is 61.5 Å². The highest BCUT2D eigenvalue weighted by Gasteiger charge is 2.43. The van der Waals surface area contributed by atoms with Gasteiger partial charge in [-0.15, -0.1) is 0 Å². The summed E-state index contributed by atoms with van der Waals surface area (Å²) in [6, 6.07) is 17.3. The first-order valence-corrected chi connectivity index (χ1v) is 8.64. The normalized spacial score (nSPS) is 16.4. The molecule has 0 saturated carbocycles. The van der Waals surface area contributed by atoms with Crippen LogP contribution in [0.25, 0.3) is 0 Å². The topological polar surface area (TPSA) is 57.6 Å². The monoisotopic (exact) mass is 337 g/mol. The molecule has 0 spiro atoms. The fraction of sp³-hybridized carbons (Fsp3) is 0.333. The molecular weight excluding hydrogens is 314 g/mol. The van der Waals surface area contributed by atoms with Gasteiger partial charge >= 0.3 is 5.97 Å². The maximum absolute atomic E-state index is 12.6. The summed E-state index contributed by atoms with van der Waals surface area (Å²) in [6.45, 7) is 2.96. The number of nitrogens with zero attached hydrogens (tertiary/aromatic N) is 1. The molecular formula is C21H23NO3. The minimum absolute atomic E-state index is 0.0707. The van der Waals surface area contributed by atoms with E-state index in [0.717, 1.165) is 16.7 Å². The molecule has 0 aromatic heterocycles. The molecule has 0 radical (unpaired) electrons. The molecule has 4 heteroatoms. The molecule has 1 fully saturated rings. The van der Waals surface area contributed by atoms with Crippen LogP contribution in [0.2, 0.25) is 0 Å². The van der Waals surface area contributed by atoms with Crippen molar-refractivity contribution in [3.8, 4) is 0 Å². The SMILES string of the molecule is Cc1ccccc1CC(=O)N1CCC(C(=O)O)(c2ccccc2)CC1. The maximum atomic E-state index is 12.6. The van der Waals surface area contributed by atoms with E-state index in [-0.39, 0.29) is 5.91 Å². The molecule has 1 N–H and O–H groups in total. The second kappa shape index (κ2) is 7.09. The first kappa shape index (κ1) is 17.2. The van der Waals surface area contributed by atoms with Crippen LogP contribution in [-0.4, -0.2) is 35.0 Å². The van der Waals surface area contributed by atoms with Gasteiger partial charge < -0.3 is 10.0 Å².